The van der Waals surface area contributed by atoms with Crippen LogP contribution in [0.4, 0.5) is 0 Å². The molecule has 0 heterocycles. The lowest BCUT2D eigenvalue weighted by atomic mass is 9.97. The number of nitrogens with one attached hydrogen (secondary N) is 1. The number of carbonyl (C=O) groups excluding carboxylic acids is 1. The molecule has 3 rings (SSSR count). The average Bonchev–Trinajstić information content (AvgIpc) is 2.75. The van der Waals surface area contributed by atoms with Crippen LogP contribution >= 0.6 is 0 Å². The summed E-state index contributed by atoms with van der Waals surface area (Å²) in [5.74, 6) is 1.85. The molecule has 0 aliphatic carbocycles. The smallest absolute Gasteiger partial charge is 0.227 e. The highest BCUT2D eigenvalue weighted by Gasteiger charge is 2.16. The third kappa shape index (κ3) is 4.19. The Hall–Kier alpha value is -3.21. The number of amides is 1. The maximum absolute atomic E-state index is 12.6. The highest BCUT2D eigenvalue weighted by molar-refractivity contribution is 5.88. The molecule has 0 saturated heterocycles. The van der Waals surface area contributed by atoms with Crippen molar-refractivity contribution in [3.05, 3.63) is 65.7 Å². The number of fused-ring (bicyclic) bond motifs is 1. The molecule has 0 spiro atoms. The van der Waals surface area contributed by atoms with Gasteiger partial charge >= 0.3 is 0 Å². The Morgan fingerprint density at radius 3 is 2.29 bits per heavy atom. The van der Waals surface area contributed by atoms with Crippen molar-refractivity contribution >= 4 is 16.7 Å². The summed E-state index contributed by atoms with van der Waals surface area (Å²) >= 11 is 0. The Morgan fingerprint density at radius 1 is 0.857 bits per heavy atom. The first-order valence-corrected chi connectivity index (χ1v) is 9.12. The van der Waals surface area contributed by atoms with Crippen LogP contribution in [-0.2, 0) is 11.3 Å². The number of benzene rings is 3. The molecule has 0 saturated carbocycles. The van der Waals surface area contributed by atoms with Gasteiger partial charge in [0.15, 0.2) is 11.5 Å². The average molecular weight is 379 g/mol. The molecule has 0 fully saturated rings. The van der Waals surface area contributed by atoms with Gasteiger partial charge in [0, 0.05) is 6.54 Å². The maximum Gasteiger partial charge on any atom is 0.227 e. The van der Waals surface area contributed by atoms with Crippen molar-refractivity contribution < 1.29 is 19.0 Å². The van der Waals surface area contributed by atoms with E-state index in [4.69, 9.17) is 14.2 Å². The van der Waals surface area contributed by atoms with Gasteiger partial charge in [-0.25, -0.2) is 0 Å². The summed E-state index contributed by atoms with van der Waals surface area (Å²) < 4.78 is 15.8. The van der Waals surface area contributed by atoms with E-state index < -0.39 is 0 Å². The highest BCUT2D eigenvalue weighted by Crippen LogP contribution is 2.28. The molecule has 1 N–H and O–H groups in total. The minimum Gasteiger partial charge on any atom is -0.497 e. The fourth-order valence-corrected chi connectivity index (χ4v) is 3.12. The van der Waals surface area contributed by atoms with Crippen molar-refractivity contribution in [1.29, 1.82) is 0 Å². The van der Waals surface area contributed by atoms with Crippen LogP contribution in [0.5, 0.6) is 17.2 Å². The van der Waals surface area contributed by atoms with Crippen LogP contribution in [0.15, 0.2) is 54.6 Å². The zero-order chi connectivity index (χ0) is 20.1. The van der Waals surface area contributed by atoms with Gasteiger partial charge in [-0.2, -0.15) is 0 Å². The van der Waals surface area contributed by atoms with Crippen molar-refractivity contribution in [2.45, 2.75) is 19.4 Å². The van der Waals surface area contributed by atoms with Crippen LogP contribution in [-0.4, -0.2) is 27.2 Å². The maximum atomic E-state index is 12.6. The standard InChI is InChI=1S/C23H25NO4/c1-15(17-6-7-19-13-20(26-2)9-8-18(19)12-17)23(25)24-14-16-5-10-21(27-3)22(11-16)28-4/h5-13,15H,14H2,1-4H3,(H,24,25). The molecular formula is C23H25NO4. The predicted octanol–water partition coefficient (Wildman–Crippen LogP) is 4.29. The van der Waals surface area contributed by atoms with E-state index in [0.29, 0.717) is 18.0 Å². The lowest BCUT2D eigenvalue weighted by Gasteiger charge is -2.15. The van der Waals surface area contributed by atoms with Crippen LogP contribution in [0, 0.1) is 0 Å². The van der Waals surface area contributed by atoms with E-state index in [0.717, 1.165) is 27.6 Å². The number of rotatable bonds is 7. The lowest BCUT2D eigenvalue weighted by Crippen LogP contribution is -2.27. The van der Waals surface area contributed by atoms with Gasteiger partial charge in [-0.3, -0.25) is 4.79 Å². The molecule has 0 aromatic heterocycles. The first-order chi connectivity index (χ1) is 13.5. The van der Waals surface area contributed by atoms with Gasteiger partial charge < -0.3 is 19.5 Å². The normalized spacial score (nSPS) is 11.7. The van der Waals surface area contributed by atoms with E-state index in [2.05, 4.69) is 11.4 Å². The Labute approximate surface area is 165 Å². The SMILES string of the molecule is COc1ccc2cc(C(C)C(=O)NCc3ccc(OC)c(OC)c3)ccc2c1. The van der Waals surface area contributed by atoms with Crippen LogP contribution in [0.3, 0.4) is 0 Å². The molecule has 3 aromatic rings. The Bertz CT molecular complexity index is 983. The van der Waals surface area contributed by atoms with Crippen LogP contribution in [0.1, 0.15) is 24.0 Å². The first-order valence-electron chi connectivity index (χ1n) is 9.12. The first kappa shape index (κ1) is 19.5. The fourth-order valence-electron chi connectivity index (χ4n) is 3.12. The van der Waals surface area contributed by atoms with E-state index in [9.17, 15) is 4.79 Å². The molecule has 146 valence electrons. The summed E-state index contributed by atoms with van der Waals surface area (Å²) in [6.45, 7) is 2.34. The van der Waals surface area contributed by atoms with Crippen molar-refractivity contribution in [3.63, 3.8) is 0 Å². The van der Waals surface area contributed by atoms with Gasteiger partial charge in [0.25, 0.3) is 0 Å². The molecule has 0 bridgehead atoms. The summed E-state index contributed by atoms with van der Waals surface area (Å²) in [7, 11) is 4.85. The molecular weight excluding hydrogens is 354 g/mol. The Morgan fingerprint density at radius 2 is 1.57 bits per heavy atom. The van der Waals surface area contributed by atoms with Crippen molar-refractivity contribution in [2.75, 3.05) is 21.3 Å². The summed E-state index contributed by atoms with van der Waals surface area (Å²) in [4.78, 5) is 12.6. The molecule has 1 unspecified atom stereocenters. The Kier molecular flexibility index (Phi) is 6.04. The molecule has 0 aliphatic rings. The minimum atomic E-state index is -0.258. The molecule has 1 atom stereocenters. The molecule has 0 aliphatic heterocycles. The molecule has 0 radical (unpaired) electrons. The van der Waals surface area contributed by atoms with Crippen LogP contribution < -0.4 is 19.5 Å². The zero-order valence-corrected chi connectivity index (χ0v) is 16.6. The molecule has 1 amide bonds. The number of carbonyl (C=O) groups is 1. The number of ether oxygens (including phenoxy) is 3. The van der Waals surface area contributed by atoms with E-state index in [-0.39, 0.29) is 11.8 Å². The molecule has 5 heteroatoms. The van der Waals surface area contributed by atoms with Crippen LogP contribution in [0.2, 0.25) is 0 Å². The van der Waals surface area contributed by atoms with Crippen molar-refractivity contribution in [1.82, 2.24) is 5.32 Å². The van der Waals surface area contributed by atoms with Gasteiger partial charge in [-0.05, 0) is 53.1 Å². The van der Waals surface area contributed by atoms with Crippen molar-refractivity contribution in [2.24, 2.45) is 0 Å². The monoisotopic (exact) mass is 379 g/mol. The largest absolute Gasteiger partial charge is 0.497 e. The van der Waals surface area contributed by atoms with E-state index >= 15 is 0 Å². The quantitative estimate of drug-likeness (QED) is 0.665. The van der Waals surface area contributed by atoms with E-state index in [1.54, 1.807) is 21.3 Å². The lowest BCUT2D eigenvalue weighted by molar-refractivity contribution is -0.122. The predicted molar refractivity (Wildman–Crippen MR) is 110 cm³/mol. The Balaban J connectivity index is 1.69. The van der Waals surface area contributed by atoms with Gasteiger partial charge in [-0.1, -0.05) is 30.3 Å². The second-order valence-electron chi connectivity index (χ2n) is 6.60. The van der Waals surface area contributed by atoms with Gasteiger partial charge in [0.2, 0.25) is 5.91 Å². The number of hydrogen-bond acceptors (Lipinski definition) is 4. The summed E-state index contributed by atoms with van der Waals surface area (Å²) in [6, 6.07) is 17.6. The third-order valence-corrected chi connectivity index (χ3v) is 4.88. The van der Waals surface area contributed by atoms with Crippen LogP contribution in [0.25, 0.3) is 10.8 Å². The van der Waals surface area contributed by atoms with E-state index in [1.807, 2.05) is 55.5 Å². The molecule has 3 aromatic carbocycles. The number of hydrogen-bond donors (Lipinski definition) is 1. The topological polar surface area (TPSA) is 56.8 Å². The summed E-state index contributed by atoms with van der Waals surface area (Å²) in [5, 5.41) is 5.16. The minimum absolute atomic E-state index is 0.0253. The fraction of sp³-hybridized carbons (Fsp3) is 0.261. The van der Waals surface area contributed by atoms with Gasteiger partial charge in [0.1, 0.15) is 5.75 Å². The molecule has 5 nitrogen and oxygen atoms in total. The summed E-state index contributed by atoms with van der Waals surface area (Å²) in [5.41, 5.74) is 1.92. The summed E-state index contributed by atoms with van der Waals surface area (Å²) in [6.07, 6.45) is 0. The highest BCUT2D eigenvalue weighted by atomic mass is 16.5. The zero-order valence-electron chi connectivity index (χ0n) is 16.6. The van der Waals surface area contributed by atoms with Gasteiger partial charge in [0.05, 0.1) is 27.2 Å². The third-order valence-electron chi connectivity index (χ3n) is 4.88. The van der Waals surface area contributed by atoms with E-state index in [1.165, 1.54) is 0 Å². The molecule has 28 heavy (non-hydrogen) atoms. The number of methoxy groups -OCH3 is 3. The second-order valence-corrected chi connectivity index (χ2v) is 6.60. The van der Waals surface area contributed by atoms with Gasteiger partial charge in [-0.15, -0.1) is 0 Å². The second kappa shape index (κ2) is 8.65. The van der Waals surface area contributed by atoms with Crippen molar-refractivity contribution in [3.8, 4) is 17.2 Å².